The number of hydrogen-bond acceptors (Lipinski definition) is 5. The van der Waals surface area contributed by atoms with Crippen molar-refractivity contribution in [3.63, 3.8) is 0 Å². The van der Waals surface area contributed by atoms with E-state index in [1.54, 1.807) is 6.07 Å². The molecule has 1 saturated carbocycles. The number of phenols is 1. The highest BCUT2D eigenvalue weighted by Crippen LogP contribution is 2.69. The normalized spacial score (nSPS) is 30.7. The fourth-order valence-corrected chi connectivity index (χ4v) is 8.24. The molecule has 0 unspecified atom stereocenters. The van der Waals surface area contributed by atoms with Gasteiger partial charge in [-0.3, -0.25) is 9.89 Å². The lowest BCUT2D eigenvalue weighted by Crippen LogP contribution is -2.74. The smallest absolute Gasteiger partial charge is 0.193 e. The molecule has 8 heteroatoms. The maximum Gasteiger partial charge on any atom is 0.193 e. The van der Waals surface area contributed by atoms with E-state index in [2.05, 4.69) is 45.3 Å². The molecular formula is C31H37N5O3. The Morgan fingerprint density at radius 3 is 2.97 bits per heavy atom. The molecule has 8 nitrogen and oxygen atoms in total. The summed E-state index contributed by atoms with van der Waals surface area (Å²) in [6.45, 7) is 4.85. The Labute approximate surface area is 228 Å². The van der Waals surface area contributed by atoms with E-state index >= 15 is 0 Å². The van der Waals surface area contributed by atoms with Crippen molar-refractivity contribution in [2.24, 2.45) is 16.6 Å². The number of aromatic hydroxyl groups is 1. The summed E-state index contributed by atoms with van der Waals surface area (Å²) in [5, 5.41) is 28.2. The monoisotopic (exact) mass is 527 g/mol. The van der Waals surface area contributed by atoms with Crippen LogP contribution in [0.3, 0.4) is 0 Å². The van der Waals surface area contributed by atoms with E-state index in [9.17, 15) is 10.2 Å². The average molecular weight is 528 g/mol. The third-order valence-corrected chi connectivity index (χ3v) is 10.2. The molecule has 2 bridgehead atoms. The van der Waals surface area contributed by atoms with Crippen LogP contribution in [0.4, 0.5) is 5.69 Å². The zero-order valence-electron chi connectivity index (χ0n) is 22.5. The number of piperidine rings is 1. The number of anilines is 1. The van der Waals surface area contributed by atoms with Crippen molar-refractivity contribution in [1.82, 2.24) is 9.88 Å². The average Bonchev–Trinajstić information content (AvgIpc) is 3.56. The van der Waals surface area contributed by atoms with E-state index in [1.807, 2.05) is 6.07 Å². The maximum absolute atomic E-state index is 13.0. The Kier molecular flexibility index (Phi) is 4.94. The van der Waals surface area contributed by atoms with Crippen LogP contribution >= 0.6 is 0 Å². The summed E-state index contributed by atoms with van der Waals surface area (Å²) in [5.74, 6) is 1.90. The number of hydrogen-bond donors (Lipinski definition) is 5. The van der Waals surface area contributed by atoms with Crippen LogP contribution in [0.5, 0.6) is 11.5 Å². The minimum Gasteiger partial charge on any atom is -0.504 e. The number of aromatic nitrogens is 1. The van der Waals surface area contributed by atoms with Crippen molar-refractivity contribution in [1.29, 1.82) is 0 Å². The highest BCUT2D eigenvalue weighted by molar-refractivity contribution is 5.96. The van der Waals surface area contributed by atoms with Crippen molar-refractivity contribution >= 4 is 22.5 Å². The van der Waals surface area contributed by atoms with E-state index in [4.69, 9.17) is 10.5 Å². The van der Waals surface area contributed by atoms with Crippen LogP contribution in [-0.4, -0.2) is 57.3 Å². The van der Waals surface area contributed by atoms with Gasteiger partial charge in [0.05, 0.1) is 16.7 Å². The Bertz CT molecular complexity index is 1530. The fraction of sp³-hybridized carbons (Fsp3) is 0.516. The summed E-state index contributed by atoms with van der Waals surface area (Å²) < 4.78 is 6.69. The van der Waals surface area contributed by atoms with Gasteiger partial charge in [0.1, 0.15) is 0 Å². The predicted octanol–water partition coefficient (Wildman–Crippen LogP) is 4.10. The minimum atomic E-state index is -0.997. The lowest BCUT2D eigenvalue weighted by atomic mass is 9.49. The molecule has 2 aliphatic heterocycles. The van der Waals surface area contributed by atoms with E-state index in [0.717, 1.165) is 78.1 Å². The number of nitrogens with two attached hydrogens (primary N) is 1. The standard InChI is InChI=1S/C31H37N5O3/c1-2-3-11-33-29(32)34-19-7-8-22-20(14-19)21-15-31(38)24-13-18-6-9-23(37)27-25(18)30(31,28(39-27)26(21)35-22)10-12-36(24)16-17-4-5-17/h6-9,14,17,24,28,35,37-38H,2-5,10-13,15-16H2,1H3,(H3,32,33,34)/t24-,28+,30+,31-/m1/s1. The van der Waals surface area contributed by atoms with Crippen molar-refractivity contribution in [3.8, 4) is 11.5 Å². The van der Waals surface area contributed by atoms with Crippen molar-refractivity contribution < 1.29 is 14.9 Å². The molecule has 6 N–H and O–H groups in total. The Morgan fingerprint density at radius 2 is 2.15 bits per heavy atom. The topological polar surface area (TPSA) is 119 Å². The molecule has 0 amide bonds. The first-order valence-corrected chi connectivity index (χ1v) is 14.6. The van der Waals surface area contributed by atoms with Crippen molar-refractivity contribution in [3.05, 3.63) is 52.7 Å². The Balaban J connectivity index is 1.26. The number of H-pyrrole nitrogens is 1. The molecule has 1 aromatic heterocycles. The van der Waals surface area contributed by atoms with E-state index in [1.165, 1.54) is 18.4 Å². The van der Waals surface area contributed by atoms with Gasteiger partial charge >= 0.3 is 0 Å². The zero-order valence-corrected chi connectivity index (χ0v) is 22.5. The highest BCUT2D eigenvalue weighted by Gasteiger charge is 2.72. The third-order valence-electron chi connectivity index (χ3n) is 10.2. The second kappa shape index (κ2) is 8.15. The van der Waals surface area contributed by atoms with Gasteiger partial charge in [-0.25, -0.2) is 0 Å². The molecule has 204 valence electrons. The van der Waals surface area contributed by atoms with Crippen molar-refractivity contribution in [2.45, 2.75) is 75.0 Å². The lowest BCUT2D eigenvalue weighted by Gasteiger charge is -2.62. The Morgan fingerprint density at radius 1 is 1.28 bits per heavy atom. The Hall–Kier alpha value is -3.23. The van der Waals surface area contributed by atoms with Gasteiger partial charge in [-0.15, -0.1) is 0 Å². The van der Waals surface area contributed by atoms with Crippen LogP contribution in [0.2, 0.25) is 0 Å². The molecule has 0 radical (unpaired) electrons. The molecule has 2 fully saturated rings. The first-order valence-electron chi connectivity index (χ1n) is 14.6. The van der Waals surface area contributed by atoms with E-state index < -0.39 is 11.0 Å². The maximum atomic E-state index is 13.0. The van der Waals surface area contributed by atoms with E-state index in [0.29, 0.717) is 24.7 Å². The molecule has 3 heterocycles. The van der Waals surface area contributed by atoms with Crippen LogP contribution in [0.25, 0.3) is 10.9 Å². The van der Waals surface area contributed by atoms with Crippen LogP contribution < -0.4 is 15.8 Å². The number of unbranched alkanes of at least 4 members (excludes halogenated alkanes) is 1. The number of aliphatic hydroxyl groups is 1. The molecule has 3 aliphatic carbocycles. The van der Waals surface area contributed by atoms with Gasteiger partial charge in [-0.2, -0.15) is 0 Å². The highest BCUT2D eigenvalue weighted by atomic mass is 16.5. The van der Waals surface area contributed by atoms with Crippen LogP contribution in [0.1, 0.15) is 67.5 Å². The largest absolute Gasteiger partial charge is 0.504 e. The van der Waals surface area contributed by atoms with Gasteiger partial charge in [0, 0.05) is 47.7 Å². The van der Waals surface area contributed by atoms with Crippen molar-refractivity contribution in [2.75, 3.05) is 25.0 Å². The first-order chi connectivity index (χ1) is 18.9. The molecule has 8 rings (SSSR count). The summed E-state index contributed by atoms with van der Waals surface area (Å²) in [4.78, 5) is 10.7. The van der Waals surface area contributed by atoms with Gasteiger partial charge in [0.15, 0.2) is 23.6 Å². The number of aromatic amines is 1. The molecule has 1 saturated heterocycles. The summed E-state index contributed by atoms with van der Waals surface area (Å²) in [5.41, 5.74) is 10.9. The number of ether oxygens (including phenoxy) is 1. The number of rotatable bonds is 6. The number of likely N-dealkylation sites (tertiary alicyclic amines) is 1. The number of guanidine groups is 1. The van der Waals surface area contributed by atoms with Crippen LogP contribution in [-0.2, 0) is 18.3 Å². The summed E-state index contributed by atoms with van der Waals surface area (Å²) >= 11 is 0. The second-order valence-electron chi connectivity index (χ2n) is 12.4. The lowest BCUT2D eigenvalue weighted by molar-refractivity contribution is -0.173. The number of aliphatic imine (C=N–C) groups is 1. The zero-order chi connectivity index (χ0) is 26.5. The summed E-state index contributed by atoms with van der Waals surface area (Å²) in [7, 11) is 0. The van der Waals surface area contributed by atoms with Gasteiger partial charge in [-0.1, -0.05) is 19.4 Å². The van der Waals surface area contributed by atoms with Crippen LogP contribution in [0, 0.1) is 5.92 Å². The minimum absolute atomic E-state index is 0.0155. The molecule has 5 aliphatic rings. The first kappa shape index (κ1) is 23.6. The number of nitrogens with one attached hydrogen (secondary N) is 2. The third kappa shape index (κ3) is 3.16. The quantitative estimate of drug-likeness (QED) is 0.187. The van der Waals surface area contributed by atoms with Gasteiger partial charge in [0.25, 0.3) is 0 Å². The molecule has 1 spiro atoms. The molecule has 2 aromatic carbocycles. The number of nitrogens with zero attached hydrogens (tertiary/aromatic N) is 2. The molecular weight excluding hydrogens is 490 g/mol. The van der Waals surface area contributed by atoms with E-state index in [-0.39, 0.29) is 17.9 Å². The van der Waals surface area contributed by atoms with Gasteiger partial charge in [-0.05, 0) is 80.0 Å². The fourth-order valence-electron chi connectivity index (χ4n) is 8.24. The number of benzene rings is 2. The SMILES string of the molecule is CCCCN=C(N)Nc1ccc2[nH]c3c(c2c1)C[C@@]1(O)[C@H]2Cc4ccc(O)c5c4[C@@]1(CCN2CC1CC1)[C@H]3O5. The molecule has 4 atom stereocenters. The van der Waals surface area contributed by atoms with Gasteiger partial charge < -0.3 is 31.0 Å². The van der Waals surface area contributed by atoms with Gasteiger partial charge in [0.2, 0.25) is 0 Å². The summed E-state index contributed by atoms with van der Waals surface area (Å²) in [6.07, 6.45) is 6.43. The summed E-state index contributed by atoms with van der Waals surface area (Å²) in [6, 6.07) is 10.0. The number of fused-ring (bicyclic) bond motifs is 4. The second-order valence-corrected chi connectivity index (χ2v) is 12.4. The molecule has 3 aromatic rings. The van der Waals surface area contributed by atoms with Crippen LogP contribution in [0.15, 0.2) is 35.3 Å². The predicted molar refractivity (Wildman–Crippen MR) is 152 cm³/mol. The number of phenolic OH excluding ortho intramolecular Hbond substituents is 1. The molecule has 39 heavy (non-hydrogen) atoms.